The number of likely N-dealkylation sites (tertiary alicyclic amines) is 1. The van der Waals surface area contributed by atoms with E-state index in [0.717, 1.165) is 42.9 Å². The van der Waals surface area contributed by atoms with Crippen LogP contribution in [0.4, 0.5) is 0 Å². The highest BCUT2D eigenvalue weighted by Crippen LogP contribution is 2.34. The Morgan fingerprint density at radius 3 is 2.88 bits per heavy atom. The molecule has 2 heterocycles. The molecular weight excluding hydrogens is 302 g/mol. The van der Waals surface area contributed by atoms with Crippen molar-refractivity contribution in [2.75, 3.05) is 13.2 Å². The maximum absolute atomic E-state index is 12.9. The Morgan fingerprint density at radius 2 is 2.12 bits per heavy atom. The number of fused-ring (bicyclic) bond motifs is 1. The summed E-state index contributed by atoms with van der Waals surface area (Å²) in [6.07, 6.45) is 4.12. The normalized spacial score (nSPS) is 22.2. The first-order valence-corrected chi connectivity index (χ1v) is 8.98. The van der Waals surface area contributed by atoms with E-state index in [0.29, 0.717) is 5.92 Å². The smallest absolute Gasteiger partial charge is 0.252 e. The molecular formula is C19H25N3O2. The van der Waals surface area contributed by atoms with Crippen LogP contribution in [-0.2, 0) is 16.6 Å². The standard InChI is InChI=1S/C19H25N3O2/c1-13(24-12-14-9-10-14)19(23)22-11-5-8-17(22)18-20-15-6-3-4-7-16(15)21(18)2/h3-4,6-7,13-14,17H,5,8-12H2,1-2H3/t13-,17+/m1/s1. The number of hydrogen-bond acceptors (Lipinski definition) is 3. The summed E-state index contributed by atoms with van der Waals surface area (Å²) in [5.41, 5.74) is 2.11. The number of aromatic nitrogens is 2. The Hall–Kier alpha value is -1.88. The van der Waals surface area contributed by atoms with E-state index in [-0.39, 0.29) is 18.1 Å². The molecule has 0 spiro atoms. The number of amides is 1. The molecule has 0 bridgehead atoms. The van der Waals surface area contributed by atoms with E-state index in [1.54, 1.807) is 0 Å². The summed E-state index contributed by atoms with van der Waals surface area (Å²) in [7, 11) is 2.04. The number of imidazole rings is 1. The zero-order valence-electron chi connectivity index (χ0n) is 14.4. The number of hydrogen-bond donors (Lipinski definition) is 0. The number of para-hydroxylation sites is 2. The van der Waals surface area contributed by atoms with Crippen LogP contribution in [0.5, 0.6) is 0 Å². The molecule has 2 aromatic rings. The average Bonchev–Trinajstić information content (AvgIpc) is 3.20. The van der Waals surface area contributed by atoms with Crippen molar-refractivity contribution in [3.63, 3.8) is 0 Å². The number of ether oxygens (including phenoxy) is 1. The van der Waals surface area contributed by atoms with Crippen molar-refractivity contribution < 1.29 is 9.53 Å². The maximum atomic E-state index is 12.9. The van der Waals surface area contributed by atoms with E-state index in [1.165, 1.54) is 12.8 Å². The second kappa shape index (κ2) is 6.20. The highest BCUT2D eigenvalue weighted by atomic mass is 16.5. The molecule has 1 aliphatic carbocycles. The van der Waals surface area contributed by atoms with Gasteiger partial charge in [-0.2, -0.15) is 0 Å². The van der Waals surface area contributed by atoms with Crippen LogP contribution >= 0.6 is 0 Å². The highest BCUT2D eigenvalue weighted by molar-refractivity contribution is 5.81. The predicted molar refractivity (Wildman–Crippen MR) is 92.5 cm³/mol. The predicted octanol–water partition coefficient (Wildman–Crippen LogP) is 3.05. The second-order valence-corrected chi connectivity index (χ2v) is 7.13. The summed E-state index contributed by atoms with van der Waals surface area (Å²) in [5.74, 6) is 1.76. The number of aryl methyl sites for hydroxylation is 1. The molecule has 4 rings (SSSR count). The third-order valence-corrected chi connectivity index (χ3v) is 5.28. The number of carbonyl (C=O) groups excluding carboxylic acids is 1. The van der Waals surface area contributed by atoms with Gasteiger partial charge in [0.25, 0.3) is 5.91 Å². The van der Waals surface area contributed by atoms with Crippen LogP contribution in [0.1, 0.15) is 44.5 Å². The van der Waals surface area contributed by atoms with Crippen molar-refractivity contribution in [1.82, 2.24) is 14.5 Å². The average molecular weight is 327 g/mol. The Morgan fingerprint density at radius 1 is 1.33 bits per heavy atom. The third kappa shape index (κ3) is 2.81. The van der Waals surface area contributed by atoms with E-state index >= 15 is 0 Å². The van der Waals surface area contributed by atoms with Gasteiger partial charge in [-0.1, -0.05) is 12.1 Å². The monoisotopic (exact) mass is 327 g/mol. The lowest BCUT2D eigenvalue weighted by atomic mass is 10.2. The molecule has 2 aliphatic rings. The molecule has 2 fully saturated rings. The lowest BCUT2D eigenvalue weighted by Gasteiger charge is -2.27. The SMILES string of the molecule is C[C@@H](OCC1CC1)C(=O)N1CCC[C@H]1c1nc2ccccc2n1C. The topological polar surface area (TPSA) is 47.4 Å². The van der Waals surface area contributed by atoms with Gasteiger partial charge in [0.1, 0.15) is 11.9 Å². The summed E-state index contributed by atoms with van der Waals surface area (Å²) in [6.45, 7) is 3.40. The van der Waals surface area contributed by atoms with Crippen LogP contribution in [0, 0.1) is 5.92 Å². The molecule has 5 nitrogen and oxygen atoms in total. The first-order valence-electron chi connectivity index (χ1n) is 8.98. The lowest BCUT2D eigenvalue weighted by molar-refractivity contribution is -0.144. The summed E-state index contributed by atoms with van der Waals surface area (Å²) in [4.78, 5) is 19.6. The van der Waals surface area contributed by atoms with E-state index in [2.05, 4.69) is 10.6 Å². The van der Waals surface area contributed by atoms with Gasteiger partial charge in [-0.25, -0.2) is 4.98 Å². The molecule has 1 aliphatic heterocycles. The van der Waals surface area contributed by atoms with Crippen molar-refractivity contribution in [3.05, 3.63) is 30.1 Å². The van der Waals surface area contributed by atoms with Crippen LogP contribution in [0.25, 0.3) is 11.0 Å². The summed E-state index contributed by atoms with van der Waals surface area (Å²) < 4.78 is 7.92. The van der Waals surface area contributed by atoms with Crippen LogP contribution in [0.2, 0.25) is 0 Å². The van der Waals surface area contributed by atoms with E-state index in [1.807, 2.05) is 37.1 Å². The summed E-state index contributed by atoms with van der Waals surface area (Å²) in [6, 6.07) is 8.20. The maximum Gasteiger partial charge on any atom is 0.252 e. The summed E-state index contributed by atoms with van der Waals surface area (Å²) in [5, 5.41) is 0. The molecule has 128 valence electrons. The van der Waals surface area contributed by atoms with Gasteiger partial charge < -0.3 is 14.2 Å². The molecule has 1 aromatic carbocycles. The van der Waals surface area contributed by atoms with E-state index in [9.17, 15) is 4.79 Å². The van der Waals surface area contributed by atoms with Gasteiger partial charge in [0.05, 0.1) is 23.7 Å². The molecule has 0 radical (unpaired) electrons. The van der Waals surface area contributed by atoms with Crippen LogP contribution in [0.3, 0.4) is 0 Å². The van der Waals surface area contributed by atoms with Gasteiger partial charge >= 0.3 is 0 Å². The fourth-order valence-electron chi connectivity index (χ4n) is 3.63. The second-order valence-electron chi connectivity index (χ2n) is 7.13. The largest absolute Gasteiger partial charge is 0.368 e. The third-order valence-electron chi connectivity index (χ3n) is 5.28. The van der Waals surface area contributed by atoms with E-state index < -0.39 is 0 Å². The minimum Gasteiger partial charge on any atom is -0.368 e. The van der Waals surface area contributed by atoms with Crippen LogP contribution in [0.15, 0.2) is 24.3 Å². The highest BCUT2D eigenvalue weighted by Gasteiger charge is 2.36. The van der Waals surface area contributed by atoms with Crippen LogP contribution < -0.4 is 0 Å². The molecule has 1 aromatic heterocycles. The molecule has 1 saturated heterocycles. The van der Waals surface area contributed by atoms with Gasteiger partial charge in [-0.3, -0.25) is 4.79 Å². The minimum atomic E-state index is -0.360. The molecule has 2 atom stereocenters. The van der Waals surface area contributed by atoms with Gasteiger partial charge in [0.15, 0.2) is 0 Å². The molecule has 5 heteroatoms. The zero-order valence-corrected chi connectivity index (χ0v) is 14.4. The first-order chi connectivity index (χ1) is 11.6. The molecule has 1 saturated carbocycles. The number of benzene rings is 1. The van der Waals surface area contributed by atoms with Gasteiger partial charge in [0, 0.05) is 13.6 Å². The van der Waals surface area contributed by atoms with Gasteiger partial charge in [-0.15, -0.1) is 0 Å². The fraction of sp³-hybridized carbons (Fsp3) is 0.579. The van der Waals surface area contributed by atoms with Crippen molar-refractivity contribution in [2.45, 2.75) is 44.8 Å². The Kier molecular flexibility index (Phi) is 4.04. The summed E-state index contributed by atoms with van der Waals surface area (Å²) >= 11 is 0. The van der Waals surface area contributed by atoms with Crippen molar-refractivity contribution in [2.24, 2.45) is 13.0 Å². The molecule has 24 heavy (non-hydrogen) atoms. The minimum absolute atomic E-state index is 0.0573. The van der Waals surface area contributed by atoms with Crippen molar-refractivity contribution >= 4 is 16.9 Å². The fourth-order valence-corrected chi connectivity index (χ4v) is 3.63. The molecule has 1 amide bonds. The Labute approximate surface area is 142 Å². The quantitative estimate of drug-likeness (QED) is 0.848. The Balaban J connectivity index is 1.54. The van der Waals surface area contributed by atoms with Crippen LogP contribution in [-0.4, -0.2) is 39.6 Å². The van der Waals surface area contributed by atoms with E-state index in [4.69, 9.17) is 9.72 Å². The van der Waals surface area contributed by atoms with Crippen molar-refractivity contribution in [3.8, 4) is 0 Å². The van der Waals surface area contributed by atoms with Crippen molar-refractivity contribution in [1.29, 1.82) is 0 Å². The Bertz CT molecular complexity index is 750. The molecule has 0 N–H and O–H groups in total. The molecule has 0 unspecified atom stereocenters. The first kappa shape index (κ1) is 15.6. The van der Waals surface area contributed by atoms with Gasteiger partial charge in [0.2, 0.25) is 0 Å². The van der Waals surface area contributed by atoms with Gasteiger partial charge in [-0.05, 0) is 50.7 Å². The number of nitrogens with zero attached hydrogens (tertiary/aromatic N) is 3. The number of carbonyl (C=O) groups is 1. The zero-order chi connectivity index (χ0) is 16.7. The lowest BCUT2D eigenvalue weighted by Crippen LogP contribution is -2.39. The number of rotatable bonds is 5.